The molecule has 1 aromatic rings. The minimum Gasteiger partial charge on any atom is -0.488 e. The van der Waals surface area contributed by atoms with Crippen molar-refractivity contribution in [1.29, 1.82) is 0 Å². The number of ether oxygens (including phenoxy) is 1. The SMILES string of the molecule is CC1(C)C(C(=O)O)C1C(=O)N1CCN(CC2Cc3ccccc3O2)CC1. The average molecular weight is 358 g/mol. The number of fused-ring (bicyclic) bond motifs is 1. The molecule has 0 radical (unpaired) electrons. The van der Waals surface area contributed by atoms with E-state index in [1.165, 1.54) is 5.56 Å². The quantitative estimate of drug-likeness (QED) is 0.883. The molecule has 6 nitrogen and oxygen atoms in total. The third-order valence-corrected chi connectivity index (χ3v) is 6.22. The third-order valence-electron chi connectivity index (χ3n) is 6.22. The van der Waals surface area contributed by atoms with Crippen molar-refractivity contribution in [2.24, 2.45) is 17.3 Å². The number of carbonyl (C=O) groups is 2. The molecule has 0 bridgehead atoms. The van der Waals surface area contributed by atoms with Crippen molar-refractivity contribution in [3.05, 3.63) is 29.8 Å². The number of nitrogens with zero attached hydrogens (tertiary/aromatic N) is 2. The van der Waals surface area contributed by atoms with Crippen molar-refractivity contribution < 1.29 is 19.4 Å². The van der Waals surface area contributed by atoms with Gasteiger partial charge in [0.05, 0.1) is 11.8 Å². The van der Waals surface area contributed by atoms with E-state index >= 15 is 0 Å². The van der Waals surface area contributed by atoms with E-state index in [-0.39, 0.29) is 17.9 Å². The lowest BCUT2D eigenvalue weighted by molar-refractivity contribution is -0.142. The topological polar surface area (TPSA) is 70.1 Å². The van der Waals surface area contributed by atoms with Crippen molar-refractivity contribution in [3.8, 4) is 5.75 Å². The highest BCUT2D eigenvalue weighted by atomic mass is 16.5. The summed E-state index contributed by atoms with van der Waals surface area (Å²) in [6.45, 7) is 7.57. The number of aliphatic carboxylic acids is 1. The Morgan fingerprint density at radius 3 is 2.46 bits per heavy atom. The maximum absolute atomic E-state index is 12.7. The standard InChI is InChI=1S/C20H26N2O4/c1-20(2)16(17(20)19(24)25)18(23)22-9-7-21(8-10-22)12-14-11-13-5-3-4-6-15(13)26-14/h3-6,14,16-17H,7-12H2,1-2H3,(H,24,25). The second-order valence-electron chi connectivity index (χ2n) is 8.29. The number of hydrogen-bond donors (Lipinski definition) is 1. The van der Waals surface area contributed by atoms with Gasteiger partial charge in [-0.25, -0.2) is 0 Å². The fourth-order valence-corrected chi connectivity index (χ4v) is 4.55. The van der Waals surface area contributed by atoms with Crippen LogP contribution in [-0.4, -0.2) is 65.6 Å². The molecule has 1 N–H and O–H groups in total. The number of carboxylic acids is 1. The maximum Gasteiger partial charge on any atom is 0.307 e. The van der Waals surface area contributed by atoms with E-state index in [1.807, 2.05) is 36.9 Å². The highest BCUT2D eigenvalue weighted by molar-refractivity contribution is 5.91. The summed E-state index contributed by atoms with van der Waals surface area (Å²) in [6.07, 6.45) is 1.11. The Kier molecular flexibility index (Phi) is 4.18. The van der Waals surface area contributed by atoms with Gasteiger partial charge < -0.3 is 14.7 Å². The van der Waals surface area contributed by atoms with E-state index in [0.29, 0.717) is 13.1 Å². The van der Waals surface area contributed by atoms with Crippen molar-refractivity contribution >= 4 is 11.9 Å². The summed E-state index contributed by atoms with van der Waals surface area (Å²) >= 11 is 0. The van der Waals surface area contributed by atoms with Gasteiger partial charge in [0, 0.05) is 39.1 Å². The number of amides is 1. The zero-order chi connectivity index (χ0) is 18.5. The maximum atomic E-state index is 12.7. The van der Waals surface area contributed by atoms with Gasteiger partial charge in [-0.1, -0.05) is 32.0 Å². The van der Waals surface area contributed by atoms with Crippen molar-refractivity contribution in [1.82, 2.24) is 9.80 Å². The molecule has 1 saturated carbocycles. The summed E-state index contributed by atoms with van der Waals surface area (Å²) < 4.78 is 6.01. The van der Waals surface area contributed by atoms with Crippen LogP contribution < -0.4 is 4.74 Å². The van der Waals surface area contributed by atoms with Gasteiger partial charge in [0.15, 0.2) is 0 Å². The zero-order valence-corrected chi connectivity index (χ0v) is 15.4. The smallest absolute Gasteiger partial charge is 0.307 e. The predicted molar refractivity (Wildman–Crippen MR) is 96.0 cm³/mol. The lowest BCUT2D eigenvalue weighted by Crippen LogP contribution is -2.51. The number of rotatable bonds is 4. The molecule has 3 atom stereocenters. The Hall–Kier alpha value is -2.08. The molecule has 1 saturated heterocycles. The number of carbonyl (C=O) groups excluding carboxylic acids is 1. The second kappa shape index (κ2) is 6.27. The normalized spacial score (nSPS) is 29.8. The Bertz CT molecular complexity index is 699. The molecule has 0 spiro atoms. The van der Waals surface area contributed by atoms with Crippen molar-refractivity contribution in [2.75, 3.05) is 32.7 Å². The van der Waals surface area contributed by atoms with Crippen molar-refractivity contribution in [3.63, 3.8) is 0 Å². The van der Waals surface area contributed by atoms with E-state index in [0.717, 1.165) is 31.8 Å². The van der Waals surface area contributed by atoms with Gasteiger partial charge in [-0.05, 0) is 17.0 Å². The number of para-hydroxylation sites is 1. The van der Waals surface area contributed by atoms with Gasteiger partial charge in [0.2, 0.25) is 5.91 Å². The van der Waals surface area contributed by atoms with Crippen LogP contribution in [0.15, 0.2) is 24.3 Å². The molecule has 2 fully saturated rings. The summed E-state index contributed by atoms with van der Waals surface area (Å²) in [5.74, 6) is -0.781. The van der Waals surface area contributed by atoms with Crippen LogP contribution in [-0.2, 0) is 16.0 Å². The largest absolute Gasteiger partial charge is 0.488 e. The Labute approximate surface area is 153 Å². The Balaban J connectivity index is 1.27. The highest BCUT2D eigenvalue weighted by Crippen LogP contribution is 2.59. The van der Waals surface area contributed by atoms with Crippen LogP contribution in [0.4, 0.5) is 0 Å². The average Bonchev–Trinajstić information content (AvgIpc) is 2.97. The molecule has 0 aromatic heterocycles. The highest BCUT2D eigenvalue weighted by Gasteiger charge is 2.66. The first-order valence-corrected chi connectivity index (χ1v) is 9.36. The minimum atomic E-state index is -0.857. The molecule has 1 aromatic carbocycles. The summed E-state index contributed by atoms with van der Waals surface area (Å²) in [5.41, 5.74) is 0.839. The number of benzene rings is 1. The van der Waals surface area contributed by atoms with E-state index < -0.39 is 17.3 Å². The van der Waals surface area contributed by atoms with Crippen LogP contribution >= 0.6 is 0 Å². The van der Waals surface area contributed by atoms with Crippen LogP contribution in [0.5, 0.6) is 5.75 Å². The van der Waals surface area contributed by atoms with Gasteiger partial charge in [0.1, 0.15) is 11.9 Å². The van der Waals surface area contributed by atoms with E-state index in [1.54, 1.807) is 0 Å². The number of hydrogen-bond acceptors (Lipinski definition) is 4. The zero-order valence-electron chi connectivity index (χ0n) is 15.4. The lowest BCUT2D eigenvalue weighted by atomic mass is 10.1. The molecule has 6 heteroatoms. The molecular formula is C20H26N2O4. The van der Waals surface area contributed by atoms with Crippen LogP contribution in [0.25, 0.3) is 0 Å². The van der Waals surface area contributed by atoms with E-state index in [4.69, 9.17) is 4.74 Å². The molecule has 1 aliphatic carbocycles. The fraction of sp³-hybridized carbons (Fsp3) is 0.600. The molecule has 3 aliphatic rings. The van der Waals surface area contributed by atoms with Crippen LogP contribution in [0.2, 0.25) is 0 Å². The lowest BCUT2D eigenvalue weighted by Gasteiger charge is -2.36. The molecule has 3 unspecified atom stereocenters. The second-order valence-corrected chi connectivity index (χ2v) is 8.29. The van der Waals surface area contributed by atoms with E-state index in [2.05, 4.69) is 11.0 Å². The molecule has 140 valence electrons. The summed E-state index contributed by atoms with van der Waals surface area (Å²) in [6, 6.07) is 8.17. The van der Waals surface area contributed by atoms with Gasteiger partial charge in [-0.2, -0.15) is 0 Å². The Morgan fingerprint density at radius 2 is 1.85 bits per heavy atom. The van der Waals surface area contributed by atoms with Gasteiger partial charge in [0.25, 0.3) is 0 Å². The van der Waals surface area contributed by atoms with Gasteiger partial charge in [-0.15, -0.1) is 0 Å². The predicted octanol–water partition coefficient (Wildman–Crippen LogP) is 1.49. The first-order chi connectivity index (χ1) is 12.4. The van der Waals surface area contributed by atoms with Crippen LogP contribution in [0.3, 0.4) is 0 Å². The van der Waals surface area contributed by atoms with Gasteiger partial charge in [-0.3, -0.25) is 14.5 Å². The van der Waals surface area contributed by atoms with E-state index in [9.17, 15) is 14.7 Å². The van der Waals surface area contributed by atoms with Gasteiger partial charge >= 0.3 is 5.97 Å². The van der Waals surface area contributed by atoms with Crippen LogP contribution in [0.1, 0.15) is 19.4 Å². The van der Waals surface area contributed by atoms with Crippen LogP contribution in [0, 0.1) is 17.3 Å². The number of piperazine rings is 1. The van der Waals surface area contributed by atoms with Crippen molar-refractivity contribution in [2.45, 2.75) is 26.4 Å². The molecule has 2 heterocycles. The fourth-order valence-electron chi connectivity index (χ4n) is 4.55. The third kappa shape index (κ3) is 2.96. The first-order valence-electron chi connectivity index (χ1n) is 9.36. The summed E-state index contributed by atoms with van der Waals surface area (Å²) in [4.78, 5) is 28.2. The Morgan fingerprint density at radius 1 is 1.15 bits per heavy atom. The molecule has 1 amide bonds. The molecule has 4 rings (SSSR count). The summed E-state index contributed by atoms with van der Waals surface area (Å²) in [7, 11) is 0. The molecular weight excluding hydrogens is 332 g/mol. The number of carboxylic acid groups (broad SMARTS) is 1. The molecule has 26 heavy (non-hydrogen) atoms. The first kappa shape index (κ1) is 17.3. The summed E-state index contributed by atoms with van der Waals surface area (Å²) in [5, 5.41) is 9.29. The monoisotopic (exact) mass is 358 g/mol. The molecule has 2 aliphatic heterocycles. The minimum absolute atomic E-state index is 0.00608.